The fraction of sp³-hybridized carbons (Fsp3) is 0.385. The number of nitrogens with zero attached hydrogens (tertiary/aromatic N) is 1. The highest BCUT2D eigenvalue weighted by atomic mass is 16.3. The first-order valence-corrected chi connectivity index (χ1v) is 5.55. The third kappa shape index (κ3) is 2.02. The van der Waals surface area contributed by atoms with Crippen molar-refractivity contribution in [1.82, 2.24) is 10.3 Å². The van der Waals surface area contributed by atoms with Crippen molar-refractivity contribution in [3.05, 3.63) is 29.7 Å². The summed E-state index contributed by atoms with van der Waals surface area (Å²) in [4.78, 5) is 16.1. The summed E-state index contributed by atoms with van der Waals surface area (Å²) in [5.41, 5.74) is 1.65. The van der Waals surface area contributed by atoms with Gasteiger partial charge in [0.25, 0.3) is 5.91 Å². The van der Waals surface area contributed by atoms with Crippen molar-refractivity contribution in [2.75, 3.05) is 7.05 Å². The lowest BCUT2D eigenvalue weighted by molar-refractivity contribution is 0.0964. The quantitative estimate of drug-likeness (QED) is 0.821. The van der Waals surface area contributed by atoms with Crippen LogP contribution in [0.2, 0.25) is 0 Å². The number of oxazole rings is 1. The minimum Gasteiger partial charge on any atom is -0.440 e. The van der Waals surface area contributed by atoms with Crippen molar-refractivity contribution in [1.29, 1.82) is 0 Å². The van der Waals surface area contributed by atoms with E-state index in [2.05, 4.69) is 10.3 Å². The molecule has 2 aromatic rings. The lowest BCUT2D eigenvalue weighted by Crippen LogP contribution is -2.18. The van der Waals surface area contributed by atoms with E-state index in [1.165, 1.54) is 0 Å². The molecule has 1 N–H and O–H groups in total. The Bertz CT molecular complexity index is 564. The van der Waals surface area contributed by atoms with Crippen molar-refractivity contribution in [3.63, 3.8) is 0 Å². The molecule has 2 rings (SSSR count). The maximum absolute atomic E-state index is 11.7. The number of hydrogen-bond acceptors (Lipinski definition) is 3. The number of hydrogen-bond donors (Lipinski definition) is 1. The van der Waals surface area contributed by atoms with E-state index in [0.29, 0.717) is 22.6 Å². The molecule has 4 nitrogen and oxygen atoms in total. The first kappa shape index (κ1) is 11.6. The third-order valence-corrected chi connectivity index (χ3v) is 2.53. The molecule has 1 heterocycles. The number of amides is 1. The molecule has 1 aromatic carbocycles. The van der Waals surface area contributed by atoms with Crippen LogP contribution in [0.3, 0.4) is 0 Å². The molecule has 0 spiro atoms. The van der Waals surface area contributed by atoms with E-state index in [0.717, 1.165) is 0 Å². The highest BCUT2D eigenvalue weighted by Crippen LogP contribution is 2.27. The Labute approximate surface area is 100 Å². The molecule has 4 heteroatoms. The minimum absolute atomic E-state index is 0.149. The van der Waals surface area contributed by atoms with Crippen LogP contribution >= 0.6 is 0 Å². The summed E-state index contributed by atoms with van der Waals surface area (Å²) in [6, 6.07) is 5.37. The lowest BCUT2D eigenvalue weighted by Gasteiger charge is -2.11. The normalized spacial score (nSPS) is 11.8. The number of carbonyl (C=O) groups excluding carboxylic acids is 1. The van der Waals surface area contributed by atoms with Crippen LogP contribution in [0.25, 0.3) is 11.1 Å². The highest BCUT2D eigenvalue weighted by molar-refractivity contribution is 6.04. The van der Waals surface area contributed by atoms with E-state index in [4.69, 9.17) is 4.42 Å². The summed E-state index contributed by atoms with van der Waals surface area (Å²) in [6.07, 6.45) is 0. The van der Waals surface area contributed by atoms with Gasteiger partial charge in [-0.1, -0.05) is 26.8 Å². The Morgan fingerprint density at radius 2 is 2.06 bits per heavy atom. The summed E-state index contributed by atoms with van der Waals surface area (Å²) in [5, 5.41) is 2.60. The molecule has 17 heavy (non-hydrogen) atoms. The smallest absolute Gasteiger partial charge is 0.253 e. The Morgan fingerprint density at radius 1 is 1.35 bits per heavy atom. The zero-order chi connectivity index (χ0) is 12.6. The molecule has 0 aliphatic carbocycles. The van der Waals surface area contributed by atoms with Gasteiger partial charge in [0.1, 0.15) is 5.52 Å². The average molecular weight is 232 g/mol. The number of rotatable bonds is 1. The molecular formula is C13H16N2O2. The van der Waals surface area contributed by atoms with Crippen LogP contribution in [0.1, 0.15) is 37.0 Å². The van der Waals surface area contributed by atoms with E-state index in [9.17, 15) is 4.79 Å². The monoisotopic (exact) mass is 232 g/mol. The van der Waals surface area contributed by atoms with E-state index in [1.54, 1.807) is 19.2 Å². The van der Waals surface area contributed by atoms with Crippen molar-refractivity contribution < 1.29 is 9.21 Å². The zero-order valence-corrected chi connectivity index (χ0v) is 10.5. The Kier molecular flexibility index (Phi) is 2.65. The van der Waals surface area contributed by atoms with Crippen molar-refractivity contribution in [2.45, 2.75) is 26.2 Å². The maximum atomic E-state index is 11.7. The summed E-state index contributed by atoms with van der Waals surface area (Å²) in [6.45, 7) is 6.08. The molecule has 0 aliphatic heterocycles. The van der Waals surface area contributed by atoms with Gasteiger partial charge in [-0.2, -0.15) is 0 Å². The fourth-order valence-corrected chi connectivity index (χ4v) is 1.59. The summed E-state index contributed by atoms with van der Waals surface area (Å²) >= 11 is 0. The Balaban J connectivity index is 2.65. The largest absolute Gasteiger partial charge is 0.440 e. The molecule has 0 unspecified atom stereocenters. The van der Waals surface area contributed by atoms with Gasteiger partial charge in [0, 0.05) is 12.5 Å². The number of para-hydroxylation sites is 1. The predicted molar refractivity (Wildman–Crippen MR) is 66.1 cm³/mol. The molecule has 0 bridgehead atoms. The van der Waals surface area contributed by atoms with Crippen LogP contribution in [-0.2, 0) is 5.41 Å². The predicted octanol–water partition coefficient (Wildman–Crippen LogP) is 2.48. The topological polar surface area (TPSA) is 55.1 Å². The summed E-state index contributed by atoms with van der Waals surface area (Å²) in [7, 11) is 1.60. The second-order valence-electron chi connectivity index (χ2n) is 5.00. The van der Waals surface area contributed by atoms with Crippen molar-refractivity contribution >= 4 is 17.0 Å². The first-order valence-electron chi connectivity index (χ1n) is 5.55. The van der Waals surface area contributed by atoms with Gasteiger partial charge in [-0.05, 0) is 12.1 Å². The SMILES string of the molecule is CNC(=O)c1cccc2oc(C(C)(C)C)nc12. The third-order valence-electron chi connectivity index (χ3n) is 2.53. The summed E-state index contributed by atoms with van der Waals surface area (Å²) < 4.78 is 5.68. The highest BCUT2D eigenvalue weighted by Gasteiger charge is 2.22. The second-order valence-corrected chi connectivity index (χ2v) is 5.00. The fourth-order valence-electron chi connectivity index (χ4n) is 1.59. The molecule has 1 aromatic heterocycles. The van der Waals surface area contributed by atoms with Gasteiger partial charge in [0.15, 0.2) is 5.58 Å². The zero-order valence-electron chi connectivity index (χ0n) is 10.5. The minimum atomic E-state index is -0.168. The number of aromatic nitrogens is 1. The van der Waals surface area contributed by atoms with Crippen LogP contribution in [-0.4, -0.2) is 17.9 Å². The molecule has 0 saturated carbocycles. The molecule has 0 fully saturated rings. The van der Waals surface area contributed by atoms with Gasteiger partial charge in [-0.3, -0.25) is 4.79 Å². The van der Waals surface area contributed by atoms with E-state index >= 15 is 0 Å². The number of fused-ring (bicyclic) bond motifs is 1. The maximum Gasteiger partial charge on any atom is 0.253 e. The molecule has 90 valence electrons. The van der Waals surface area contributed by atoms with E-state index in [1.807, 2.05) is 26.8 Å². The van der Waals surface area contributed by atoms with Crippen LogP contribution < -0.4 is 5.32 Å². The van der Waals surface area contributed by atoms with E-state index in [-0.39, 0.29) is 11.3 Å². The second kappa shape index (κ2) is 3.87. The molecule has 0 radical (unpaired) electrons. The van der Waals surface area contributed by atoms with Crippen molar-refractivity contribution in [2.24, 2.45) is 0 Å². The van der Waals surface area contributed by atoms with Crippen LogP contribution in [0.4, 0.5) is 0 Å². The first-order chi connectivity index (χ1) is 7.93. The van der Waals surface area contributed by atoms with Gasteiger partial charge in [0.05, 0.1) is 5.56 Å². The van der Waals surface area contributed by atoms with Crippen molar-refractivity contribution in [3.8, 4) is 0 Å². The van der Waals surface area contributed by atoms with Gasteiger partial charge in [-0.15, -0.1) is 0 Å². The van der Waals surface area contributed by atoms with Gasteiger partial charge in [0.2, 0.25) is 5.89 Å². The van der Waals surface area contributed by atoms with Crippen LogP contribution in [0, 0.1) is 0 Å². The van der Waals surface area contributed by atoms with E-state index < -0.39 is 0 Å². The molecular weight excluding hydrogens is 216 g/mol. The molecule has 0 atom stereocenters. The Hall–Kier alpha value is -1.84. The summed E-state index contributed by atoms with van der Waals surface area (Å²) in [5.74, 6) is 0.494. The average Bonchev–Trinajstić information content (AvgIpc) is 2.71. The number of benzene rings is 1. The molecule has 1 amide bonds. The Morgan fingerprint density at radius 3 is 2.65 bits per heavy atom. The van der Waals surface area contributed by atoms with Crippen LogP contribution in [0.15, 0.2) is 22.6 Å². The van der Waals surface area contributed by atoms with Gasteiger partial charge >= 0.3 is 0 Å². The van der Waals surface area contributed by atoms with Gasteiger partial charge in [-0.25, -0.2) is 4.98 Å². The number of nitrogens with one attached hydrogen (secondary N) is 1. The molecule has 0 saturated heterocycles. The standard InChI is InChI=1S/C13H16N2O2/c1-13(2,3)12-15-10-8(11(16)14-4)6-5-7-9(10)17-12/h5-7H,1-4H3,(H,14,16). The molecule has 0 aliphatic rings. The number of carbonyl (C=O) groups is 1. The lowest BCUT2D eigenvalue weighted by atomic mass is 9.97. The van der Waals surface area contributed by atoms with Crippen LogP contribution in [0.5, 0.6) is 0 Å². The van der Waals surface area contributed by atoms with Gasteiger partial charge < -0.3 is 9.73 Å².